The van der Waals surface area contributed by atoms with Crippen molar-refractivity contribution < 1.29 is 4.39 Å². The Balaban J connectivity index is 1.70. The Hall–Kier alpha value is -1.37. The molecular formula is C17H23FN2. The number of halogens is 1. The van der Waals surface area contributed by atoms with Crippen LogP contribution >= 0.6 is 0 Å². The predicted octanol–water partition coefficient (Wildman–Crippen LogP) is 2.36. The van der Waals surface area contributed by atoms with E-state index in [-0.39, 0.29) is 5.82 Å². The lowest BCUT2D eigenvalue weighted by molar-refractivity contribution is 0.218. The van der Waals surface area contributed by atoms with Gasteiger partial charge in [0.15, 0.2) is 0 Å². The molecule has 0 bridgehead atoms. The van der Waals surface area contributed by atoms with Crippen molar-refractivity contribution in [3.05, 3.63) is 35.1 Å². The summed E-state index contributed by atoms with van der Waals surface area (Å²) >= 11 is 0. The largest absolute Gasteiger partial charge is 0.314 e. The maximum Gasteiger partial charge on any atom is 0.123 e. The average Bonchev–Trinajstić information content (AvgIpc) is 2.43. The van der Waals surface area contributed by atoms with Crippen molar-refractivity contribution in [1.29, 1.82) is 0 Å². The Morgan fingerprint density at radius 3 is 2.80 bits per heavy atom. The molecule has 3 heteroatoms. The van der Waals surface area contributed by atoms with Gasteiger partial charge < -0.3 is 5.32 Å². The van der Waals surface area contributed by atoms with E-state index in [9.17, 15) is 4.39 Å². The lowest BCUT2D eigenvalue weighted by atomic mass is 10.0. The molecule has 1 aliphatic heterocycles. The molecule has 0 radical (unpaired) electrons. The number of aryl methyl sites for hydroxylation is 1. The van der Waals surface area contributed by atoms with Crippen molar-refractivity contribution in [1.82, 2.24) is 10.2 Å². The first-order valence-electron chi connectivity index (χ1n) is 7.33. The van der Waals surface area contributed by atoms with Crippen LogP contribution < -0.4 is 5.32 Å². The Morgan fingerprint density at radius 2 is 2.15 bits per heavy atom. The molecule has 2 rings (SSSR count). The first-order valence-corrected chi connectivity index (χ1v) is 7.33. The van der Waals surface area contributed by atoms with E-state index in [4.69, 9.17) is 6.42 Å². The third-order valence-electron chi connectivity index (χ3n) is 4.03. The molecule has 2 nitrogen and oxygen atoms in total. The second-order valence-electron chi connectivity index (χ2n) is 5.53. The fourth-order valence-electron chi connectivity index (χ4n) is 2.78. The molecule has 1 saturated heterocycles. The molecule has 108 valence electrons. The number of piperidine rings is 1. The highest BCUT2D eigenvalue weighted by Gasteiger charge is 2.17. The van der Waals surface area contributed by atoms with Crippen molar-refractivity contribution in [2.24, 2.45) is 0 Å². The van der Waals surface area contributed by atoms with Crippen molar-refractivity contribution in [2.45, 2.75) is 32.2 Å². The van der Waals surface area contributed by atoms with Crippen LogP contribution in [0.5, 0.6) is 0 Å². The average molecular weight is 274 g/mol. The van der Waals surface area contributed by atoms with Crippen molar-refractivity contribution in [3.8, 4) is 12.3 Å². The summed E-state index contributed by atoms with van der Waals surface area (Å²) in [5.41, 5.74) is 2.26. The fraction of sp³-hybridized carbons (Fsp3) is 0.529. The predicted molar refractivity (Wildman–Crippen MR) is 81.1 cm³/mol. The number of rotatable bonds is 5. The van der Waals surface area contributed by atoms with E-state index in [0.29, 0.717) is 6.04 Å². The minimum Gasteiger partial charge on any atom is -0.314 e. The van der Waals surface area contributed by atoms with Gasteiger partial charge in [0.1, 0.15) is 5.82 Å². The molecule has 0 aliphatic carbocycles. The lowest BCUT2D eigenvalue weighted by Crippen LogP contribution is -2.43. The molecule has 0 aromatic heterocycles. The number of nitrogens with zero attached hydrogens (tertiary/aromatic N) is 1. The van der Waals surface area contributed by atoms with E-state index < -0.39 is 0 Å². The summed E-state index contributed by atoms with van der Waals surface area (Å²) in [6.07, 6.45) is 8.60. The molecule has 1 N–H and O–H groups in total. The highest BCUT2D eigenvalue weighted by Crippen LogP contribution is 2.12. The SMILES string of the molecule is C#CCN1CCC(NCCc2ccc(F)cc2C)CC1. The quantitative estimate of drug-likeness (QED) is 0.829. The third-order valence-corrected chi connectivity index (χ3v) is 4.03. The number of terminal acetylenes is 1. The van der Waals surface area contributed by atoms with E-state index in [0.717, 1.165) is 51.0 Å². The summed E-state index contributed by atoms with van der Waals surface area (Å²) in [6.45, 7) is 5.85. The van der Waals surface area contributed by atoms with Crippen LogP contribution in [0.2, 0.25) is 0 Å². The summed E-state index contributed by atoms with van der Waals surface area (Å²) < 4.78 is 13.0. The third kappa shape index (κ3) is 4.33. The van der Waals surface area contributed by atoms with Gasteiger partial charge in [0.25, 0.3) is 0 Å². The number of hydrogen-bond donors (Lipinski definition) is 1. The van der Waals surface area contributed by atoms with Crippen LogP contribution in [0.25, 0.3) is 0 Å². The van der Waals surface area contributed by atoms with Crippen LogP contribution in [0.15, 0.2) is 18.2 Å². The highest BCUT2D eigenvalue weighted by molar-refractivity contribution is 5.26. The molecule has 0 saturated carbocycles. The van der Waals surface area contributed by atoms with Crippen molar-refractivity contribution in [3.63, 3.8) is 0 Å². The van der Waals surface area contributed by atoms with Gasteiger partial charge in [0, 0.05) is 19.1 Å². The van der Waals surface area contributed by atoms with Gasteiger partial charge in [-0.1, -0.05) is 12.0 Å². The van der Waals surface area contributed by atoms with Gasteiger partial charge >= 0.3 is 0 Å². The van der Waals surface area contributed by atoms with Crippen LogP contribution in [0.3, 0.4) is 0 Å². The second kappa shape index (κ2) is 7.42. The first kappa shape index (κ1) is 15.0. The van der Waals surface area contributed by atoms with Crippen LogP contribution in [0, 0.1) is 25.1 Å². The monoisotopic (exact) mass is 274 g/mol. The zero-order chi connectivity index (χ0) is 14.4. The highest BCUT2D eigenvalue weighted by atomic mass is 19.1. The molecule has 0 amide bonds. The van der Waals surface area contributed by atoms with E-state index in [1.54, 1.807) is 12.1 Å². The lowest BCUT2D eigenvalue weighted by Gasteiger charge is -2.31. The second-order valence-corrected chi connectivity index (χ2v) is 5.53. The molecule has 20 heavy (non-hydrogen) atoms. The summed E-state index contributed by atoms with van der Waals surface area (Å²) in [7, 11) is 0. The van der Waals surface area contributed by atoms with E-state index >= 15 is 0 Å². The molecule has 0 spiro atoms. The van der Waals surface area contributed by atoms with Gasteiger partial charge in [-0.05, 0) is 56.0 Å². The molecule has 0 unspecified atom stereocenters. The molecule has 1 aromatic rings. The minimum atomic E-state index is -0.153. The number of benzene rings is 1. The molecular weight excluding hydrogens is 251 g/mol. The Labute approximate surface area is 121 Å². The number of hydrogen-bond acceptors (Lipinski definition) is 2. The zero-order valence-corrected chi connectivity index (χ0v) is 12.2. The van der Waals surface area contributed by atoms with Crippen LogP contribution in [0.4, 0.5) is 4.39 Å². The van der Waals surface area contributed by atoms with Gasteiger partial charge in [-0.25, -0.2) is 4.39 Å². The Morgan fingerprint density at radius 1 is 1.40 bits per heavy atom. The zero-order valence-electron chi connectivity index (χ0n) is 12.2. The summed E-state index contributed by atoms with van der Waals surface area (Å²) in [4.78, 5) is 2.32. The first-order chi connectivity index (χ1) is 9.69. The van der Waals surface area contributed by atoms with Crippen molar-refractivity contribution in [2.75, 3.05) is 26.2 Å². The van der Waals surface area contributed by atoms with Gasteiger partial charge in [0.2, 0.25) is 0 Å². The van der Waals surface area contributed by atoms with Crippen LogP contribution in [0.1, 0.15) is 24.0 Å². The van der Waals surface area contributed by atoms with Gasteiger partial charge in [-0.2, -0.15) is 0 Å². The topological polar surface area (TPSA) is 15.3 Å². The molecule has 1 heterocycles. The van der Waals surface area contributed by atoms with Gasteiger partial charge in [0.05, 0.1) is 6.54 Å². The van der Waals surface area contributed by atoms with Gasteiger partial charge in [-0.15, -0.1) is 6.42 Å². The molecule has 1 aromatic carbocycles. The van der Waals surface area contributed by atoms with E-state index in [1.807, 2.05) is 13.0 Å². The number of likely N-dealkylation sites (tertiary alicyclic amines) is 1. The van der Waals surface area contributed by atoms with Crippen molar-refractivity contribution >= 4 is 0 Å². The summed E-state index contributed by atoms with van der Waals surface area (Å²) in [5.74, 6) is 2.55. The Bertz CT molecular complexity index is 470. The Kier molecular flexibility index (Phi) is 5.58. The normalized spacial score (nSPS) is 17.1. The smallest absolute Gasteiger partial charge is 0.123 e. The molecule has 1 aliphatic rings. The maximum absolute atomic E-state index is 13.0. The molecule has 1 fully saturated rings. The fourth-order valence-corrected chi connectivity index (χ4v) is 2.78. The van der Waals surface area contributed by atoms with Crippen LogP contribution in [-0.2, 0) is 6.42 Å². The standard InChI is InChI=1S/C17H23FN2/c1-3-10-20-11-7-17(8-12-20)19-9-6-15-4-5-16(18)13-14(15)2/h1,4-5,13,17,19H,6-12H2,2H3. The number of nitrogens with one attached hydrogen (secondary N) is 1. The maximum atomic E-state index is 13.0. The van der Waals surface area contributed by atoms with Gasteiger partial charge in [-0.3, -0.25) is 4.90 Å². The molecule has 0 atom stereocenters. The van der Waals surface area contributed by atoms with Crippen LogP contribution in [-0.4, -0.2) is 37.1 Å². The summed E-state index contributed by atoms with van der Waals surface area (Å²) in [5, 5.41) is 3.60. The summed E-state index contributed by atoms with van der Waals surface area (Å²) in [6, 6.07) is 5.63. The van der Waals surface area contributed by atoms with E-state index in [1.165, 1.54) is 5.56 Å². The minimum absolute atomic E-state index is 0.153. The van der Waals surface area contributed by atoms with E-state index in [2.05, 4.69) is 16.1 Å².